The van der Waals surface area contributed by atoms with Crippen LogP contribution in [0.3, 0.4) is 0 Å². The molecule has 88 valence electrons. The fourth-order valence-corrected chi connectivity index (χ4v) is 3.22. The van der Waals surface area contributed by atoms with E-state index < -0.39 is 0 Å². The zero-order valence-electron chi connectivity index (χ0n) is 10.2. The van der Waals surface area contributed by atoms with E-state index in [1.165, 1.54) is 64.8 Å². The minimum absolute atomic E-state index is 0.909. The minimum Gasteiger partial charge on any atom is -0.314 e. The molecule has 1 saturated heterocycles. The first-order valence-corrected chi connectivity index (χ1v) is 6.77. The van der Waals surface area contributed by atoms with E-state index in [1.54, 1.807) is 0 Å². The monoisotopic (exact) mass is 210 g/mol. The van der Waals surface area contributed by atoms with Gasteiger partial charge in [-0.25, -0.2) is 0 Å². The Bertz CT molecular complexity index is 169. The van der Waals surface area contributed by atoms with Crippen LogP contribution < -0.4 is 5.32 Å². The highest BCUT2D eigenvalue weighted by Gasteiger charge is 2.19. The quantitative estimate of drug-likeness (QED) is 0.764. The van der Waals surface area contributed by atoms with Crippen LogP contribution in [0.5, 0.6) is 0 Å². The van der Waals surface area contributed by atoms with Gasteiger partial charge in [0.15, 0.2) is 0 Å². The molecule has 1 saturated carbocycles. The molecular weight excluding hydrogens is 184 g/mol. The van der Waals surface area contributed by atoms with Crippen molar-refractivity contribution in [2.24, 2.45) is 11.8 Å². The molecule has 2 aliphatic rings. The maximum absolute atomic E-state index is 3.42. The van der Waals surface area contributed by atoms with Crippen molar-refractivity contribution in [2.45, 2.75) is 39.0 Å². The predicted octanol–water partition coefficient (Wildman–Crippen LogP) is 2.11. The molecule has 2 nitrogen and oxygen atoms in total. The average Bonchev–Trinajstić information content (AvgIpc) is 2.71. The second kappa shape index (κ2) is 5.86. The smallest absolute Gasteiger partial charge is 0.0107 e. The first kappa shape index (κ1) is 11.4. The van der Waals surface area contributed by atoms with Crippen molar-refractivity contribution in [1.29, 1.82) is 0 Å². The summed E-state index contributed by atoms with van der Waals surface area (Å²) in [5, 5.41) is 3.42. The first-order chi connectivity index (χ1) is 7.34. The molecule has 1 heterocycles. The summed E-state index contributed by atoms with van der Waals surface area (Å²) in [5.41, 5.74) is 0. The van der Waals surface area contributed by atoms with Crippen molar-refractivity contribution in [2.75, 3.05) is 32.7 Å². The SMILES string of the molecule is CC(CC1CCCC1)CN1CCNCC1. The van der Waals surface area contributed by atoms with Crippen molar-refractivity contribution in [3.8, 4) is 0 Å². The van der Waals surface area contributed by atoms with Crippen molar-refractivity contribution in [3.05, 3.63) is 0 Å². The second-order valence-corrected chi connectivity index (χ2v) is 5.54. The Morgan fingerprint density at radius 1 is 1.20 bits per heavy atom. The molecule has 0 bridgehead atoms. The van der Waals surface area contributed by atoms with Gasteiger partial charge in [-0.15, -0.1) is 0 Å². The van der Waals surface area contributed by atoms with Gasteiger partial charge in [0.05, 0.1) is 0 Å². The highest BCUT2D eigenvalue weighted by atomic mass is 15.2. The number of hydrogen-bond acceptors (Lipinski definition) is 2. The lowest BCUT2D eigenvalue weighted by Crippen LogP contribution is -2.45. The van der Waals surface area contributed by atoms with Crippen LogP contribution in [0.15, 0.2) is 0 Å². The highest BCUT2D eigenvalue weighted by Crippen LogP contribution is 2.30. The van der Waals surface area contributed by atoms with E-state index in [0.717, 1.165) is 11.8 Å². The van der Waals surface area contributed by atoms with Crippen LogP contribution >= 0.6 is 0 Å². The Hall–Kier alpha value is -0.0800. The molecule has 1 unspecified atom stereocenters. The number of hydrogen-bond donors (Lipinski definition) is 1. The second-order valence-electron chi connectivity index (χ2n) is 5.54. The van der Waals surface area contributed by atoms with E-state index in [0.29, 0.717) is 0 Å². The van der Waals surface area contributed by atoms with Gasteiger partial charge < -0.3 is 10.2 Å². The summed E-state index contributed by atoms with van der Waals surface area (Å²) in [6, 6.07) is 0. The van der Waals surface area contributed by atoms with Crippen molar-refractivity contribution < 1.29 is 0 Å². The molecule has 0 amide bonds. The lowest BCUT2D eigenvalue weighted by Gasteiger charge is -2.30. The number of rotatable bonds is 4. The van der Waals surface area contributed by atoms with Crippen molar-refractivity contribution in [3.63, 3.8) is 0 Å². The van der Waals surface area contributed by atoms with E-state index in [2.05, 4.69) is 17.1 Å². The van der Waals surface area contributed by atoms with Crippen LogP contribution in [-0.2, 0) is 0 Å². The average molecular weight is 210 g/mol. The zero-order valence-corrected chi connectivity index (χ0v) is 10.2. The lowest BCUT2D eigenvalue weighted by atomic mass is 9.94. The number of nitrogens with zero attached hydrogens (tertiary/aromatic N) is 1. The Labute approximate surface area is 94.4 Å². The molecule has 0 aromatic heterocycles. The molecule has 1 aliphatic carbocycles. The van der Waals surface area contributed by atoms with Gasteiger partial charge in [-0.2, -0.15) is 0 Å². The van der Waals surface area contributed by atoms with Crippen LogP contribution in [0.2, 0.25) is 0 Å². The summed E-state index contributed by atoms with van der Waals surface area (Å²) in [6.07, 6.45) is 7.47. The molecule has 0 aromatic rings. The van der Waals surface area contributed by atoms with E-state index >= 15 is 0 Å². The van der Waals surface area contributed by atoms with E-state index in [9.17, 15) is 0 Å². The third-order valence-corrected chi connectivity index (χ3v) is 3.99. The van der Waals surface area contributed by atoms with Gasteiger partial charge in [0.1, 0.15) is 0 Å². The molecule has 2 fully saturated rings. The third-order valence-electron chi connectivity index (χ3n) is 3.99. The van der Waals surface area contributed by atoms with Gasteiger partial charge in [-0.1, -0.05) is 32.6 Å². The normalized spacial score (nSPS) is 27.0. The first-order valence-electron chi connectivity index (χ1n) is 6.77. The van der Waals surface area contributed by atoms with Gasteiger partial charge >= 0.3 is 0 Å². The van der Waals surface area contributed by atoms with Crippen LogP contribution in [0, 0.1) is 11.8 Å². The van der Waals surface area contributed by atoms with E-state index in [1.807, 2.05) is 0 Å². The Balaban J connectivity index is 1.64. The van der Waals surface area contributed by atoms with Crippen LogP contribution in [0.4, 0.5) is 0 Å². The molecule has 0 spiro atoms. The summed E-state index contributed by atoms with van der Waals surface area (Å²) in [4.78, 5) is 2.64. The van der Waals surface area contributed by atoms with Crippen LogP contribution in [-0.4, -0.2) is 37.6 Å². The van der Waals surface area contributed by atoms with Gasteiger partial charge in [0.25, 0.3) is 0 Å². The fourth-order valence-electron chi connectivity index (χ4n) is 3.22. The maximum Gasteiger partial charge on any atom is 0.0107 e. The molecular formula is C13H26N2. The summed E-state index contributed by atoms with van der Waals surface area (Å²) >= 11 is 0. The van der Waals surface area contributed by atoms with Crippen molar-refractivity contribution in [1.82, 2.24) is 10.2 Å². The minimum atomic E-state index is 0.909. The number of nitrogens with one attached hydrogen (secondary N) is 1. The molecule has 2 heteroatoms. The predicted molar refractivity (Wildman–Crippen MR) is 65.0 cm³/mol. The molecule has 1 aliphatic heterocycles. The topological polar surface area (TPSA) is 15.3 Å². The maximum atomic E-state index is 3.42. The summed E-state index contributed by atoms with van der Waals surface area (Å²) in [7, 11) is 0. The van der Waals surface area contributed by atoms with Crippen LogP contribution in [0.25, 0.3) is 0 Å². The fraction of sp³-hybridized carbons (Fsp3) is 1.00. The highest BCUT2D eigenvalue weighted by molar-refractivity contribution is 4.74. The molecule has 1 N–H and O–H groups in total. The number of piperazine rings is 1. The van der Waals surface area contributed by atoms with E-state index in [4.69, 9.17) is 0 Å². The van der Waals surface area contributed by atoms with Crippen LogP contribution in [0.1, 0.15) is 39.0 Å². The molecule has 2 rings (SSSR count). The Morgan fingerprint density at radius 2 is 1.87 bits per heavy atom. The van der Waals surface area contributed by atoms with Gasteiger partial charge in [0, 0.05) is 32.7 Å². The van der Waals surface area contributed by atoms with Crippen molar-refractivity contribution >= 4 is 0 Å². The van der Waals surface area contributed by atoms with E-state index in [-0.39, 0.29) is 0 Å². The van der Waals surface area contributed by atoms with Gasteiger partial charge in [-0.3, -0.25) is 0 Å². The summed E-state index contributed by atoms with van der Waals surface area (Å²) in [6.45, 7) is 8.68. The third kappa shape index (κ3) is 3.76. The standard InChI is InChI=1S/C13H26N2/c1-12(10-13-4-2-3-5-13)11-15-8-6-14-7-9-15/h12-14H,2-11H2,1H3. The Kier molecular flexibility index (Phi) is 4.45. The van der Waals surface area contributed by atoms with Gasteiger partial charge in [0.2, 0.25) is 0 Å². The summed E-state index contributed by atoms with van der Waals surface area (Å²) < 4.78 is 0. The molecule has 0 aromatic carbocycles. The summed E-state index contributed by atoms with van der Waals surface area (Å²) in [5.74, 6) is 1.97. The molecule has 15 heavy (non-hydrogen) atoms. The zero-order chi connectivity index (χ0) is 10.5. The molecule has 0 radical (unpaired) electrons. The van der Waals surface area contributed by atoms with Gasteiger partial charge in [-0.05, 0) is 18.3 Å². The molecule has 1 atom stereocenters. The largest absolute Gasteiger partial charge is 0.314 e. The Morgan fingerprint density at radius 3 is 2.53 bits per heavy atom. The lowest BCUT2D eigenvalue weighted by molar-refractivity contribution is 0.197.